The van der Waals surface area contributed by atoms with Crippen LogP contribution in [0.1, 0.15) is 51.7 Å². The van der Waals surface area contributed by atoms with Gasteiger partial charge in [0.05, 0.1) is 0 Å². The molecule has 5 aliphatic rings. The number of hydrogen-bond donors (Lipinski definition) is 2. The van der Waals surface area contributed by atoms with E-state index in [1.54, 1.807) is 0 Å². The van der Waals surface area contributed by atoms with Gasteiger partial charge in [0.25, 0.3) is 0 Å². The van der Waals surface area contributed by atoms with Crippen molar-refractivity contribution in [1.82, 2.24) is 9.80 Å². The predicted octanol–water partition coefficient (Wildman–Crippen LogP) is 5.01. The monoisotopic (exact) mass is 508 g/mol. The van der Waals surface area contributed by atoms with Crippen molar-refractivity contribution in [3.8, 4) is 0 Å². The zero-order valence-corrected chi connectivity index (χ0v) is 22.6. The highest BCUT2D eigenvalue weighted by atomic mass is 16.2. The van der Waals surface area contributed by atoms with E-state index in [0.717, 1.165) is 11.4 Å². The number of nitrogens with one attached hydrogen (secondary N) is 2. The van der Waals surface area contributed by atoms with Gasteiger partial charge in [0.2, 0.25) is 11.8 Å². The summed E-state index contributed by atoms with van der Waals surface area (Å²) >= 11 is 0. The number of allylic oxidation sites excluding steroid dienone is 2. The Balaban J connectivity index is 1.38. The van der Waals surface area contributed by atoms with Crippen molar-refractivity contribution in [1.29, 1.82) is 0 Å². The number of para-hydroxylation sites is 2. The van der Waals surface area contributed by atoms with Crippen molar-refractivity contribution in [2.45, 2.75) is 75.8 Å². The average Bonchev–Trinajstić information content (AvgIpc) is 3.62. The molecule has 3 saturated heterocycles. The molecule has 0 radical (unpaired) electrons. The molecular formula is C32H36N4O2. The van der Waals surface area contributed by atoms with Gasteiger partial charge in [-0.05, 0) is 46.9 Å². The summed E-state index contributed by atoms with van der Waals surface area (Å²) in [6.45, 7) is 17.1. The van der Waals surface area contributed by atoms with Crippen LogP contribution in [-0.4, -0.2) is 46.0 Å². The molecule has 2 aromatic rings. The van der Waals surface area contributed by atoms with Gasteiger partial charge < -0.3 is 20.4 Å². The van der Waals surface area contributed by atoms with Gasteiger partial charge in [-0.3, -0.25) is 9.59 Å². The standard InChI is InChI=1S/C32H36N4O2/c1-7-29(3,4)31-17-23-25(37)36-24(26(38)35(23)27(31)33-21-15-11-9-13-19(21)31)18-32(30(5,6)8-2)20-14-10-12-16-22(20)34-28(32)36/h7-16,23-24,27-28,33-34H,1-2,17-18H2,3-6H3/t23-,24?,27?,28+,31-,32?/m1/s1. The average molecular weight is 509 g/mol. The highest BCUT2D eigenvalue weighted by molar-refractivity contribution is 6.00. The third-order valence-electron chi connectivity index (χ3n) is 11.0. The third kappa shape index (κ3) is 2.37. The van der Waals surface area contributed by atoms with E-state index >= 15 is 0 Å². The summed E-state index contributed by atoms with van der Waals surface area (Å²) in [5.41, 5.74) is 2.80. The molecule has 3 fully saturated rings. The fraction of sp³-hybridized carbons (Fsp3) is 0.438. The summed E-state index contributed by atoms with van der Waals surface area (Å²) in [7, 11) is 0. The first-order valence-corrected chi connectivity index (χ1v) is 13.7. The second kappa shape index (κ2) is 7.10. The van der Waals surface area contributed by atoms with Gasteiger partial charge >= 0.3 is 0 Å². The van der Waals surface area contributed by atoms with Crippen LogP contribution in [0.4, 0.5) is 11.4 Å². The zero-order chi connectivity index (χ0) is 26.8. The van der Waals surface area contributed by atoms with Crippen molar-refractivity contribution in [2.75, 3.05) is 10.6 Å². The summed E-state index contributed by atoms with van der Waals surface area (Å²) in [4.78, 5) is 33.0. The number of nitrogens with zero attached hydrogens (tertiary/aromatic N) is 2. The Morgan fingerprint density at radius 3 is 1.47 bits per heavy atom. The first-order chi connectivity index (χ1) is 18.1. The highest BCUT2D eigenvalue weighted by Crippen LogP contribution is 2.64. The number of benzene rings is 2. The Morgan fingerprint density at radius 2 is 1.11 bits per heavy atom. The molecule has 2 N–H and O–H groups in total. The molecule has 38 heavy (non-hydrogen) atoms. The quantitative estimate of drug-likeness (QED) is 0.570. The van der Waals surface area contributed by atoms with Gasteiger partial charge in [-0.1, -0.05) is 76.2 Å². The lowest BCUT2D eigenvalue weighted by Gasteiger charge is -2.45. The predicted molar refractivity (Wildman–Crippen MR) is 150 cm³/mol. The Kier molecular flexibility index (Phi) is 4.40. The van der Waals surface area contributed by atoms with Gasteiger partial charge in [-0.2, -0.15) is 0 Å². The molecular weight excluding hydrogens is 472 g/mol. The Hall–Kier alpha value is -3.54. The van der Waals surface area contributed by atoms with Crippen LogP contribution in [0.3, 0.4) is 0 Å². The molecule has 0 aromatic heterocycles. The second-order valence-corrected chi connectivity index (χ2v) is 12.9. The lowest BCUT2D eigenvalue weighted by Crippen LogP contribution is -2.66. The van der Waals surface area contributed by atoms with E-state index in [0.29, 0.717) is 12.8 Å². The van der Waals surface area contributed by atoms with Crippen LogP contribution >= 0.6 is 0 Å². The number of hydrogen-bond acceptors (Lipinski definition) is 4. The van der Waals surface area contributed by atoms with E-state index in [-0.39, 0.29) is 35.0 Å². The third-order valence-corrected chi connectivity index (χ3v) is 11.0. The number of carbonyl (C=O) groups excluding carboxylic acids is 2. The van der Waals surface area contributed by atoms with Crippen molar-refractivity contribution < 1.29 is 9.59 Å². The van der Waals surface area contributed by atoms with Crippen LogP contribution < -0.4 is 10.6 Å². The van der Waals surface area contributed by atoms with E-state index in [1.165, 1.54) is 11.1 Å². The van der Waals surface area contributed by atoms with Gasteiger partial charge in [-0.25, -0.2) is 0 Å². The van der Waals surface area contributed by atoms with Gasteiger partial charge in [-0.15, -0.1) is 13.2 Å². The van der Waals surface area contributed by atoms with E-state index in [4.69, 9.17) is 0 Å². The number of anilines is 2. The number of amides is 2. The highest BCUT2D eigenvalue weighted by Gasteiger charge is 2.73. The number of fused-ring (bicyclic) bond motifs is 10. The largest absolute Gasteiger partial charge is 0.364 e. The lowest BCUT2D eigenvalue weighted by molar-refractivity contribution is -0.160. The van der Waals surface area contributed by atoms with Crippen LogP contribution in [0.5, 0.6) is 0 Å². The number of piperazine rings is 1. The molecule has 5 heterocycles. The fourth-order valence-electron chi connectivity index (χ4n) is 8.66. The maximum absolute atomic E-state index is 14.6. The van der Waals surface area contributed by atoms with Gasteiger partial charge in [0.1, 0.15) is 24.4 Å². The van der Waals surface area contributed by atoms with E-state index in [2.05, 4.69) is 75.8 Å². The Bertz CT molecular complexity index is 1320. The maximum Gasteiger partial charge on any atom is 0.247 e. The zero-order valence-electron chi connectivity index (χ0n) is 22.6. The van der Waals surface area contributed by atoms with Crippen molar-refractivity contribution in [3.05, 3.63) is 85.0 Å². The minimum atomic E-state index is -0.531. The molecule has 2 amide bonds. The smallest absolute Gasteiger partial charge is 0.247 e. The van der Waals surface area contributed by atoms with Crippen LogP contribution in [0.15, 0.2) is 73.8 Å². The van der Waals surface area contributed by atoms with Crippen LogP contribution in [0, 0.1) is 10.8 Å². The van der Waals surface area contributed by atoms with Crippen LogP contribution in [-0.2, 0) is 20.4 Å². The lowest BCUT2D eigenvalue weighted by atomic mass is 9.60. The fourth-order valence-corrected chi connectivity index (χ4v) is 8.66. The molecule has 5 aliphatic heterocycles. The number of carbonyl (C=O) groups is 2. The van der Waals surface area contributed by atoms with Gasteiger partial charge in [0, 0.05) is 22.2 Å². The summed E-state index contributed by atoms with van der Waals surface area (Å²) in [6.07, 6.45) is 4.50. The minimum absolute atomic E-state index is 0.0366. The molecule has 6 nitrogen and oxygen atoms in total. The first kappa shape index (κ1) is 23.6. The molecule has 6 heteroatoms. The van der Waals surface area contributed by atoms with Crippen molar-refractivity contribution >= 4 is 23.2 Å². The van der Waals surface area contributed by atoms with E-state index < -0.39 is 22.9 Å². The normalized spacial score (nSPS) is 34.4. The summed E-state index contributed by atoms with van der Waals surface area (Å²) in [5.74, 6) is 0.0733. The molecule has 0 spiro atoms. The Morgan fingerprint density at radius 1 is 0.737 bits per heavy atom. The molecule has 6 atom stereocenters. The maximum atomic E-state index is 14.6. The summed E-state index contributed by atoms with van der Waals surface area (Å²) in [5, 5.41) is 7.36. The van der Waals surface area contributed by atoms with Gasteiger partial charge in [0.15, 0.2) is 0 Å². The molecule has 196 valence electrons. The van der Waals surface area contributed by atoms with Crippen LogP contribution in [0.2, 0.25) is 0 Å². The number of rotatable bonds is 4. The summed E-state index contributed by atoms with van der Waals surface area (Å²) < 4.78 is 0. The Labute approximate surface area is 224 Å². The molecule has 2 aromatic carbocycles. The molecule has 0 aliphatic carbocycles. The van der Waals surface area contributed by atoms with E-state index in [1.807, 2.05) is 46.2 Å². The van der Waals surface area contributed by atoms with Crippen molar-refractivity contribution in [3.63, 3.8) is 0 Å². The minimum Gasteiger partial charge on any atom is -0.364 e. The molecule has 7 rings (SSSR count). The first-order valence-electron chi connectivity index (χ1n) is 13.7. The van der Waals surface area contributed by atoms with Crippen molar-refractivity contribution in [2.24, 2.45) is 10.8 Å². The SMILES string of the molecule is C=CC(C)(C)C12CC3C(=O)N4C5Nc6ccccc6[C@]5(C(C)(C)C=C)C[C@@H]4C(=O)N3[C@@H]1Nc1ccccc12. The van der Waals surface area contributed by atoms with Crippen LogP contribution in [0.25, 0.3) is 0 Å². The topological polar surface area (TPSA) is 64.7 Å². The molecule has 0 saturated carbocycles. The molecule has 3 unspecified atom stereocenters. The van der Waals surface area contributed by atoms with E-state index in [9.17, 15) is 9.59 Å². The molecule has 0 bridgehead atoms. The summed E-state index contributed by atoms with van der Waals surface area (Å²) in [6, 6.07) is 15.5. The second-order valence-electron chi connectivity index (χ2n) is 12.9.